The van der Waals surface area contributed by atoms with Gasteiger partial charge in [0.25, 0.3) is 5.91 Å². The third-order valence-electron chi connectivity index (χ3n) is 6.51. The Kier molecular flexibility index (Phi) is 8.28. The average molecular weight is 539 g/mol. The van der Waals surface area contributed by atoms with Crippen LogP contribution in [0.1, 0.15) is 59.3 Å². The lowest BCUT2D eigenvalue weighted by Crippen LogP contribution is -2.43. The summed E-state index contributed by atoms with van der Waals surface area (Å²) in [6.45, 7) is 8.13. The fourth-order valence-electron chi connectivity index (χ4n) is 4.62. The molecule has 2 heterocycles. The molecule has 38 heavy (non-hydrogen) atoms. The molecule has 4 rings (SSSR count). The van der Waals surface area contributed by atoms with E-state index in [9.17, 15) is 14.0 Å². The SMILES string of the molecule is Cc1ccc(C(=O)N(CCCN)C(c2nc3c(Cl)c(C)nn3c(=O)n2Cc2ccccc2)C(C)C)c(F)c1. The number of nitrogens with two attached hydrogens (primary N) is 1. The summed E-state index contributed by atoms with van der Waals surface area (Å²) in [6.07, 6.45) is 0.486. The molecular formula is C28H32ClFN6O2. The first-order chi connectivity index (χ1) is 18.1. The molecule has 0 radical (unpaired) electrons. The normalized spacial score (nSPS) is 12.3. The minimum atomic E-state index is -0.678. The first kappa shape index (κ1) is 27.5. The maximum Gasteiger partial charge on any atom is 0.352 e. The fourth-order valence-corrected chi connectivity index (χ4v) is 4.78. The number of hydrogen-bond acceptors (Lipinski definition) is 5. The number of rotatable bonds is 9. The Balaban J connectivity index is 1.96. The minimum Gasteiger partial charge on any atom is -0.330 e. The second-order valence-electron chi connectivity index (χ2n) is 9.77. The summed E-state index contributed by atoms with van der Waals surface area (Å²) in [6, 6.07) is 13.3. The van der Waals surface area contributed by atoms with Crippen molar-refractivity contribution in [2.24, 2.45) is 11.7 Å². The minimum absolute atomic E-state index is 0.0467. The van der Waals surface area contributed by atoms with Crippen molar-refractivity contribution in [3.05, 3.63) is 98.1 Å². The standard InChI is InChI=1S/C28H32ClFN6O2/c1-17(2)24(34(14-8-13-31)27(37)21-12-11-18(3)15-22(21)30)26-32-25-23(29)19(4)33-36(25)28(38)35(26)16-20-9-6-5-7-10-20/h5-7,9-12,15,17,24H,8,13-14,16,31H2,1-4H3. The zero-order chi connectivity index (χ0) is 27.6. The van der Waals surface area contributed by atoms with Gasteiger partial charge in [0.2, 0.25) is 0 Å². The van der Waals surface area contributed by atoms with Crippen molar-refractivity contribution in [1.29, 1.82) is 0 Å². The van der Waals surface area contributed by atoms with E-state index in [0.29, 0.717) is 30.0 Å². The number of carbonyl (C=O) groups excluding carboxylic acids is 1. The highest BCUT2D eigenvalue weighted by Gasteiger charge is 2.34. The fraction of sp³-hybridized carbons (Fsp3) is 0.357. The van der Waals surface area contributed by atoms with Crippen LogP contribution in [0.4, 0.5) is 4.39 Å². The second kappa shape index (κ2) is 11.4. The molecule has 2 aromatic carbocycles. The van der Waals surface area contributed by atoms with Crippen molar-refractivity contribution in [3.63, 3.8) is 0 Å². The molecule has 2 aromatic heterocycles. The molecule has 1 atom stereocenters. The predicted octanol–water partition coefficient (Wildman–Crippen LogP) is 4.54. The van der Waals surface area contributed by atoms with E-state index < -0.39 is 23.5 Å². The molecule has 0 bridgehead atoms. The number of carbonyl (C=O) groups is 1. The van der Waals surface area contributed by atoms with Gasteiger partial charge in [0.15, 0.2) is 5.65 Å². The van der Waals surface area contributed by atoms with Crippen molar-refractivity contribution in [2.75, 3.05) is 13.1 Å². The van der Waals surface area contributed by atoms with Crippen molar-refractivity contribution in [1.82, 2.24) is 24.1 Å². The van der Waals surface area contributed by atoms with Crippen LogP contribution < -0.4 is 11.4 Å². The lowest BCUT2D eigenvalue weighted by Gasteiger charge is -2.35. The molecule has 10 heteroatoms. The van der Waals surface area contributed by atoms with Crippen LogP contribution in [0.3, 0.4) is 0 Å². The highest BCUT2D eigenvalue weighted by molar-refractivity contribution is 6.34. The van der Waals surface area contributed by atoms with Crippen molar-refractivity contribution >= 4 is 23.2 Å². The Labute approximate surface area is 225 Å². The molecule has 0 spiro atoms. The Bertz CT molecular complexity index is 1520. The number of fused-ring (bicyclic) bond motifs is 1. The van der Waals surface area contributed by atoms with Crippen LogP contribution in [0.2, 0.25) is 5.02 Å². The smallest absolute Gasteiger partial charge is 0.330 e. The van der Waals surface area contributed by atoms with Crippen LogP contribution in [0.15, 0.2) is 53.3 Å². The van der Waals surface area contributed by atoms with Crippen LogP contribution in [0.5, 0.6) is 0 Å². The van der Waals surface area contributed by atoms with E-state index in [-0.39, 0.29) is 35.2 Å². The van der Waals surface area contributed by atoms with Crippen LogP contribution >= 0.6 is 11.6 Å². The molecule has 0 saturated carbocycles. The molecule has 4 aromatic rings. The zero-order valence-electron chi connectivity index (χ0n) is 22.0. The third kappa shape index (κ3) is 5.35. The predicted molar refractivity (Wildman–Crippen MR) is 146 cm³/mol. The topological polar surface area (TPSA) is 98.5 Å². The van der Waals surface area contributed by atoms with Gasteiger partial charge in [0.05, 0.1) is 23.8 Å². The number of aryl methyl sites for hydroxylation is 2. The van der Waals surface area contributed by atoms with Crippen molar-refractivity contribution < 1.29 is 9.18 Å². The van der Waals surface area contributed by atoms with Crippen LogP contribution in [0.25, 0.3) is 5.65 Å². The van der Waals surface area contributed by atoms with Gasteiger partial charge in [-0.25, -0.2) is 14.2 Å². The van der Waals surface area contributed by atoms with E-state index in [1.54, 1.807) is 24.8 Å². The highest BCUT2D eigenvalue weighted by Crippen LogP contribution is 2.31. The number of hydrogen-bond donors (Lipinski definition) is 1. The summed E-state index contributed by atoms with van der Waals surface area (Å²) < 4.78 is 17.7. The number of amides is 1. The van der Waals surface area contributed by atoms with Crippen LogP contribution in [-0.2, 0) is 6.54 Å². The molecule has 2 N–H and O–H groups in total. The van der Waals surface area contributed by atoms with Crippen molar-refractivity contribution in [3.8, 4) is 0 Å². The third-order valence-corrected chi connectivity index (χ3v) is 6.95. The molecule has 0 saturated heterocycles. The quantitative estimate of drug-likeness (QED) is 0.337. The highest BCUT2D eigenvalue weighted by atomic mass is 35.5. The molecule has 8 nitrogen and oxygen atoms in total. The number of nitrogens with zero attached hydrogens (tertiary/aromatic N) is 5. The number of aromatic nitrogens is 4. The first-order valence-electron chi connectivity index (χ1n) is 12.6. The average Bonchev–Trinajstić information content (AvgIpc) is 3.17. The molecule has 0 aliphatic heterocycles. The van der Waals surface area contributed by atoms with E-state index in [4.69, 9.17) is 22.3 Å². The maximum absolute atomic E-state index is 15.0. The molecule has 1 amide bonds. The summed E-state index contributed by atoms with van der Waals surface area (Å²) in [5.74, 6) is -0.939. The van der Waals surface area contributed by atoms with E-state index in [0.717, 1.165) is 5.56 Å². The molecule has 0 aliphatic rings. The monoisotopic (exact) mass is 538 g/mol. The summed E-state index contributed by atoms with van der Waals surface area (Å²) in [4.78, 5) is 34.1. The Morgan fingerprint density at radius 3 is 2.50 bits per heavy atom. The van der Waals surface area contributed by atoms with Crippen LogP contribution in [-0.4, -0.2) is 43.1 Å². The number of halogens is 2. The van der Waals surface area contributed by atoms with Gasteiger partial charge in [-0.05, 0) is 56.0 Å². The van der Waals surface area contributed by atoms with E-state index in [1.165, 1.54) is 21.2 Å². The van der Waals surface area contributed by atoms with Gasteiger partial charge in [-0.1, -0.05) is 61.8 Å². The van der Waals surface area contributed by atoms with Crippen LogP contribution in [0, 0.1) is 25.6 Å². The summed E-state index contributed by atoms with van der Waals surface area (Å²) in [5, 5.41) is 4.56. The van der Waals surface area contributed by atoms with E-state index in [1.807, 2.05) is 44.2 Å². The molecular weight excluding hydrogens is 507 g/mol. The molecule has 0 aliphatic carbocycles. The van der Waals surface area contributed by atoms with Gasteiger partial charge in [0, 0.05) is 6.54 Å². The molecule has 200 valence electrons. The van der Waals surface area contributed by atoms with E-state index in [2.05, 4.69) is 5.10 Å². The van der Waals surface area contributed by atoms with Crippen molar-refractivity contribution in [2.45, 2.75) is 46.7 Å². The Morgan fingerprint density at radius 1 is 1.16 bits per heavy atom. The summed E-state index contributed by atoms with van der Waals surface area (Å²) in [5.41, 5.74) is 7.62. The molecule has 0 fully saturated rings. The second-order valence-corrected chi connectivity index (χ2v) is 10.2. The lowest BCUT2D eigenvalue weighted by atomic mass is 9.99. The van der Waals surface area contributed by atoms with Gasteiger partial charge >= 0.3 is 5.69 Å². The van der Waals surface area contributed by atoms with Gasteiger partial charge < -0.3 is 10.6 Å². The zero-order valence-corrected chi connectivity index (χ0v) is 22.7. The largest absolute Gasteiger partial charge is 0.352 e. The van der Waals surface area contributed by atoms with Gasteiger partial charge in [-0.15, -0.1) is 0 Å². The Morgan fingerprint density at radius 2 is 1.87 bits per heavy atom. The lowest BCUT2D eigenvalue weighted by molar-refractivity contribution is 0.0597. The summed E-state index contributed by atoms with van der Waals surface area (Å²) in [7, 11) is 0. The first-order valence-corrected chi connectivity index (χ1v) is 13.0. The van der Waals surface area contributed by atoms with Gasteiger partial charge in [-0.2, -0.15) is 9.61 Å². The van der Waals surface area contributed by atoms with Gasteiger partial charge in [0.1, 0.15) is 16.7 Å². The van der Waals surface area contributed by atoms with Gasteiger partial charge in [-0.3, -0.25) is 9.36 Å². The maximum atomic E-state index is 15.0. The van der Waals surface area contributed by atoms with E-state index >= 15 is 0 Å². The summed E-state index contributed by atoms with van der Waals surface area (Å²) >= 11 is 6.50. The number of benzene rings is 2. The molecule has 1 unspecified atom stereocenters. The Hall–Kier alpha value is -3.56.